The molecule has 0 heterocycles. The number of benzene rings is 1. The summed E-state index contributed by atoms with van der Waals surface area (Å²) in [6.07, 6.45) is -0.196. The van der Waals surface area contributed by atoms with Gasteiger partial charge < -0.3 is 15.5 Å². The minimum Gasteiger partial charge on any atom is -0.480 e. The van der Waals surface area contributed by atoms with Gasteiger partial charge in [-0.1, -0.05) is 0 Å². The molecule has 18 heavy (non-hydrogen) atoms. The van der Waals surface area contributed by atoms with E-state index in [4.69, 9.17) is 10.2 Å². The number of rotatable bonds is 5. The van der Waals surface area contributed by atoms with Gasteiger partial charge in [-0.2, -0.15) is 0 Å². The molecule has 0 aliphatic rings. The van der Waals surface area contributed by atoms with Crippen molar-refractivity contribution in [2.75, 3.05) is 6.61 Å². The number of aliphatic hydroxyl groups excluding tert-OH is 1. The summed E-state index contributed by atoms with van der Waals surface area (Å²) in [4.78, 5) is 22.3. The van der Waals surface area contributed by atoms with Crippen molar-refractivity contribution in [3.63, 3.8) is 0 Å². The van der Waals surface area contributed by atoms with Crippen molar-refractivity contribution in [3.8, 4) is 0 Å². The van der Waals surface area contributed by atoms with E-state index in [9.17, 15) is 18.4 Å². The van der Waals surface area contributed by atoms with E-state index in [0.717, 1.165) is 12.1 Å². The van der Waals surface area contributed by atoms with Gasteiger partial charge in [-0.25, -0.2) is 13.6 Å². The molecule has 98 valence electrons. The van der Waals surface area contributed by atoms with E-state index in [0.29, 0.717) is 6.07 Å². The summed E-state index contributed by atoms with van der Waals surface area (Å²) in [6, 6.07) is 0.861. The number of aliphatic carboxylic acids is 1. The number of carboxylic acids is 1. The molecular weight excluding hydrogens is 248 g/mol. The van der Waals surface area contributed by atoms with Gasteiger partial charge in [0.05, 0.1) is 0 Å². The number of carbonyl (C=O) groups excluding carboxylic acids is 1. The molecule has 0 saturated heterocycles. The lowest BCUT2D eigenvalue weighted by Crippen LogP contribution is -2.41. The third-order valence-corrected chi connectivity index (χ3v) is 2.15. The van der Waals surface area contributed by atoms with Crippen LogP contribution in [-0.4, -0.2) is 34.7 Å². The first-order valence-corrected chi connectivity index (χ1v) is 5.04. The van der Waals surface area contributed by atoms with Gasteiger partial charge in [0.15, 0.2) is 0 Å². The molecule has 0 spiro atoms. The summed E-state index contributed by atoms with van der Waals surface area (Å²) < 4.78 is 25.7. The molecule has 0 aromatic heterocycles. The first-order chi connectivity index (χ1) is 8.43. The van der Waals surface area contributed by atoms with Crippen molar-refractivity contribution in [2.45, 2.75) is 12.5 Å². The van der Waals surface area contributed by atoms with Crippen molar-refractivity contribution in [1.82, 2.24) is 5.32 Å². The molecule has 3 N–H and O–H groups in total. The summed E-state index contributed by atoms with van der Waals surface area (Å²) in [7, 11) is 0. The van der Waals surface area contributed by atoms with Crippen LogP contribution < -0.4 is 5.32 Å². The van der Waals surface area contributed by atoms with Crippen molar-refractivity contribution in [3.05, 3.63) is 35.4 Å². The zero-order valence-corrected chi connectivity index (χ0v) is 9.19. The van der Waals surface area contributed by atoms with Crippen molar-refractivity contribution in [1.29, 1.82) is 0 Å². The highest BCUT2D eigenvalue weighted by Gasteiger charge is 2.20. The number of nitrogens with one attached hydrogen (secondary N) is 1. The predicted octanol–water partition coefficient (Wildman–Crippen LogP) is 0.530. The highest BCUT2D eigenvalue weighted by molar-refractivity contribution is 5.96. The van der Waals surface area contributed by atoms with E-state index in [1.54, 1.807) is 0 Å². The average molecular weight is 259 g/mol. The van der Waals surface area contributed by atoms with Crippen molar-refractivity contribution >= 4 is 11.9 Å². The second-order valence-corrected chi connectivity index (χ2v) is 3.53. The van der Waals surface area contributed by atoms with Gasteiger partial charge in [-0.15, -0.1) is 0 Å². The lowest BCUT2D eigenvalue weighted by Gasteiger charge is -2.13. The number of aliphatic hydroxyl groups is 1. The molecule has 1 atom stereocenters. The van der Waals surface area contributed by atoms with Gasteiger partial charge in [-0.05, 0) is 12.1 Å². The fourth-order valence-electron chi connectivity index (χ4n) is 1.31. The van der Waals surface area contributed by atoms with Gasteiger partial charge in [0, 0.05) is 24.7 Å². The second kappa shape index (κ2) is 6.06. The maximum atomic E-state index is 12.9. The molecule has 5 nitrogen and oxygen atoms in total. The zero-order valence-electron chi connectivity index (χ0n) is 9.19. The van der Waals surface area contributed by atoms with Crippen LogP contribution in [0.15, 0.2) is 18.2 Å². The lowest BCUT2D eigenvalue weighted by atomic mass is 10.1. The van der Waals surface area contributed by atoms with E-state index in [2.05, 4.69) is 5.32 Å². The number of hydrogen-bond donors (Lipinski definition) is 3. The van der Waals surface area contributed by atoms with Crippen LogP contribution in [0.25, 0.3) is 0 Å². The molecule has 0 unspecified atom stereocenters. The fraction of sp³-hybridized carbons (Fsp3) is 0.273. The third kappa shape index (κ3) is 3.77. The summed E-state index contributed by atoms with van der Waals surface area (Å²) in [5, 5.41) is 19.4. The van der Waals surface area contributed by atoms with Gasteiger partial charge in [0.25, 0.3) is 5.91 Å². The first kappa shape index (κ1) is 14.0. The molecule has 1 aromatic rings. The molecule has 0 saturated carbocycles. The van der Waals surface area contributed by atoms with E-state index in [1.165, 1.54) is 0 Å². The van der Waals surface area contributed by atoms with Crippen LogP contribution >= 0.6 is 0 Å². The van der Waals surface area contributed by atoms with E-state index in [-0.39, 0.29) is 12.0 Å². The van der Waals surface area contributed by atoms with Gasteiger partial charge in [-0.3, -0.25) is 4.79 Å². The monoisotopic (exact) mass is 259 g/mol. The van der Waals surface area contributed by atoms with Crippen LogP contribution in [0.5, 0.6) is 0 Å². The Bertz CT molecular complexity index is 444. The number of hydrogen-bond acceptors (Lipinski definition) is 3. The minimum absolute atomic E-state index is 0.196. The van der Waals surface area contributed by atoms with Crippen LogP contribution in [0.1, 0.15) is 16.8 Å². The molecule has 1 aromatic carbocycles. The van der Waals surface area contributed by atoms with Crippen LogP contribution in [0.4, 0.5) is 8.78 Å². The van der Waals surface area contributed by atoms with Crippen molar-refractivity contribution in [2.24, 2.45) is 0 Å². The highest BCUT2D eigenvalue weighted by Crippen LogP contribution is 2.08. The summed E-state index contributed by atoms with van der Waals surface area (Å²) in [5.74, 6) is -4.13. The number of carbonyl (C=O) groups is 2. The Hall–Kier alpha value is -2.02. The molecule has 7 heteroatoms. The zero-order chi connectivity index (χ0) is 13.7. The fourth-order valence-corrected chi connectivity index (χ4v) is 1.31. The van der Waals surface area contributed by atoms with E-state index in [1.807, 2.05) is 0 Å². The van der Waals surface area contributed by atoms with Crippen molar-refractivity contribution < 1.29 is 28.6 Å². The average Bonchev–Trinajstić information content (AvgIpc) is 2.26. The molecule has 0 aliphatic heterocycles. The summed E-state index contributed by atoms with van der Waals surface area (Å²) in [6.45, 7) is -0.436. The largest absolute Gasteiger partial charge is 0.480 e. The highest BCUT2D eigenvalue weighted by atomic mass is 19.1. The Morgan fingerprint density at radius 2 is 1.78 bits per heavy atom. The topological polar surface area (TPSA) is 86.6 Å². The molecule has 0 aliphatic carbocycles. The summed E-state index contributed by atoms with van der Waals surface area (Å²) >= 11 is 0. The van der Waals surface area contributed by atoms with Crippen LogP contribution in [0.3, 0.4) is 0 Å². The standard InChI is InChI=1S/C11H11F2NO4/c12-7-3-6(4-8(13)5-7)10(16)14-9(1-2-15)11(17)18/h3-5,9,15H,1-2H2,(H,14,16)(H,17,18)/t9-/m1/s1. The minimum atomic E-state index is -1.34. The lowest BCUT2D eigenvalue weighted by molar-refractivity contribution is -0.139. The van der Waals surface area contributed by atoms with Crippen LogP contribution in [0, 0.1) is 11.6 Å². The number of amides is 1. The quantitative estimate of drug-likeness (QED) is 0.720. The van der Waals surface area contributed by atoms with Gasteiger partial charge in [0.2, 0.25) is 0 Å². The van der Waals surface area contributed by atoms with Gasteiger partial charge >= 0.3 is 5.97 Å². The number of carboxylic acid groups (broad SMARTS) is 1. The molecule has 0 radical (unpaired) electrons. The molecule has 0 bridgehead atoms. The van der Waals surface area contributed by atoms with Gasteiger partial charge in [0.1, 0.15) is 17.7 Å². The summed E-state index contributed by atoms with van der Waals surface area (Å²) in [5.41, 5.74) is -0.323. The maximum absolute atomic E-state index is 12.9. The van der Waals surface area contributed by atoms with Crippen LogP contribution in [0.2, 0.25) is 0 Å². The Kier molecular flexibility index (Phi) is 4.73. The van der Waals surface area contributed by atoms with E-state index >= 15 is 0 Å². The smallest absolute Gasteiger partial charge is 0.326 e. The first-order valence-electron chi connectivity index (χ1n) is 5.04. The third-order valence-electron chi connectivity index (χ3n) is 2.15. The maximum Gasteiger partial charge on any atom is 0.326 e. The molecular formula is C11H11F2NO4. The predicted molar refractivity (Wildman–Crippen MR) is 57.0 cm³/mol. The van der Waals surface area contributed by atoms with Crippen LogP contribution in [-0.2, 0) is 4.79 Å². The Morgan fingerprint density at radius 1 is 1.22 bits per heavy atom. The molecule has 1 amide bonds. The van der Waals surface area contributed by atoms with E-state index < -0.39 is 36.2 Å². The number of halogens is 2. The molecule has 0 fully saturated rings. The Labute approximate surface area is 101 Å². The second-order valence-electron chi connectivity index (χ2n) is 3.53. The Morgan fingerprint density at radius 3 is 2.22 bits per heavy atom. The molecule has 1 rings (SSSR count). The normalized spacial score (nSPS) is 11.9. The Balaban J connectivity index is 2.83. The SMILES string of the molecule is O=C(N[C@H](CCO)C(=O)O)c1cc(F)cc(F)c1.